The van der Waals surface area contributed by atoms with Crippen molar-refractivity contribution in [2.45, 2.75) is 51.9 Å². The molecule has 1 aromatic carbocycles. The minimum atomic E-state index is 0.158. The van der Waals surface area contributed by atoms with Crippen LogP contribution in [0.2, 0.25) is 0 Å². The van der Waals surface area contributed by atoms with Crippen molar-refractivity contribution in [3.63, 3.8) is 0 Å². The number of methoxy groups -OCH3 is 2. The Hall–Kier alpha value is -1.95. The van der Waals surface area contributed by atoms with Crippen LogP contribution in [-0.4, -0.2) is 51.5 Å². The molecule has 1 saturated carbocycles. The number of guanidine groups is 1. The average Bonchev–Trinajstić information content (AvgIpc) is 2.73. The average molecular weight is 392 g/mol. The maximum Gasteiger partial charge on any atom is 0.191 e. The van der Waals surface area contributed by atoms with E-state index in [1.807, 2.05) is 18.2 Å². The third kappa shape index (κ3) is 6.59. The molecule has 3 N–H and O–H groups in total. The van der Waals surface area contributed by atoms with E-state index in [1.165, 1.54) is 19.3 Å². The van der Waals surface area contributed by atoms with Crippen LogP contribution in [0.4, 0.5) is 0 Å². The quantitative estimate of drug-likeness (QED) is 0.422. The monoisotopic (exact) mass is 391 g/mol. The molecule has 0 saturated heterocycles. The lowest BCUT2D eigenvalue weighted by Gasteiger charge is -2.35. The smallest absolute Gasteiger partial charge is 0.191 e. The number of hydrogen-bond donors (Lipinski definition) is 3. The van der Waals surface area contributed by atoms with Gasteiger partial charge in [0, 0.05) is 26.2 Å². The summed E-state index contributed by atoms with van der Waals surface area (Å²) in [6, 6.07) is 5.87. The Balaban J connectivity index is 1.97. The molecule has 2 rings (SSSR count). The number of rotatable bonds is 10. The standard InChI is InChI=1S/C22H37N3O3/c1-4-23-21(25-17-22(13-15-26)11-6-5-7-12-22)24-14-10-18-16-19(27-2)8-9-20(18)28-3/h8-9,16,26H,4-7,10-15,17H2,1-3H3,(H2,23,24,25). The highest BCUT2D eigenvalue weighted by Gasteiger charge is 2.31. The first-order valence-corrected chi connectivity index (χ1v) is 10.5. The van der Waals surface area contributed by atoms with Crippen molar-refractivity contribution in [1.29, 1.82) is 0 Å². The van der Waals surface area contributed by atoms with Gasteiger partial charge in [0.1, 0.15) is 11.5 Å². The molecule has 0 aliphatic heterocycles. The summed E-state index contributed by atoms with van der Waals surface area (Å²) in [5, 5.41) is 16.3. The maximum absolute atomic E-state index is 9.51. The lowest BCUT2D eigenvalue weighted by molar-refractivity contribution is 0.137. The summed E-state index contributed by atoms with van der Waals surface area (Å²) in [5.41, 5.74) is 1.26. The Morgan fingerprint density at radius 2 is 1.93 bits per heavy atom. The Labute approximate surface area is 169 Å². The second-order valence-corrected chi connectivity index (χ2v) is 7.58. The fourth-order valence-electron chi connectivity index (χ4n) is 4.01. The molecule has 1 aliphatic rings. The minimum absolute atomic E-state index is 0.158. The predicted octanol–water partition coefficient (Wildman–Crippen LogP) is 3.13. The number of hydrogen-bond acceptors (Lipinski definition) is 4. The summed E-state index contributed by atoms with van der Waals surface area (Å²) < 4.78 is 10.8. The number of nitrogens with zero attached hydrogens (tertiary/aromatic N) is 1. The van der Waals surface area contributed by atoms with E-state index in [0.29, 0.717) is 0 Å². The highest BCUT2D eigenvalue weighted by molar-refractivity contribution is 5.79. The molecule has 0 heterocycles. The summed E-state index contributed by atoms with van der Waals surface area (Å²) in [4.78, 5) is 4.86. The molecule has 0 radical (unpaired) electrons. The molecule has 0 amide bonds. The topological polar surface area (TPSA) is 75.1 Å². The van der Waals surface area contributed by atoms with Gasteiger partial charge >= 0.3 is 0 Å². The Bertz CT molecular complexity index is 608. The van der Waals surface area contributed by atoms with Crippen LogP contribution in [-0.2, 0) is 6.42 Å². The van der Waals surface area contributed by atoms with Crippen LogP contribution < -0.4 is 20.1 Å². The van der Waals surface area contributed by atoms with Crippen LogP contribution in [0.3, 0.4) is 0 Å². The van der Waals surface area contributed by atoms with Crippen molar-refractivity contribution in [3.8, 4) is 11.5 Å². The Kier molecular flexibility index (Phi) is 9.41. The fraction of sp³-hybridized carbons (Fsp3) is 0.682. The number of benzene rings is 1. The minimum Gasteiger partial charge on any atom is -0.497 e. The first-order chi connectivity index (χ1) is 13.7. The molecule has 0 unspecified atom stereocenters. The number of ether oxygens (including phenoxy) is 2. The van der Waals surface area contributed by atoms with Gasteiger partial charge in [0.05, 0.1) is 14.2 Å². The van der Waals surface area contributed by atoms with Crippen molar-refractivity contribution in [3.05, 3.63) is 23.8 Å². The van der Waals surface area contributed by atoms with E-state index in [2.05, 4.69) is 17.6 Å². The largest absolute Gasteiger partial charge is 0.497 e. The van der Waals surface area contributed by atoms with E-state index in [-0.39, 0.29) is 12.0 Å². The molecule has 1 fully saturated rings. The van der Waals surface area contributed by atoms with E-state index < -0.39 is 0 Å². The third-order valence-electron chi connectivity index (χ3n) is 5.65. The van der Waals surface area contributed by atoms with Gasteiger partial charge in [-0.3, -0.25) is 4.99 Å². The van der Waals surface area contributed by atoms with Crippen LogP contribution in [0.5, 0.6) is 11.5 Å². The van der Waals surface area contributed by atoms with Gasteiger partial charge in [-0.25, -0.2) is 0 Å². The van der Waals surface area contributed by atoms with Gasteiger partial charge < -0.3 is 25.2 Å². The summed E-state index contributed by atoms with van der Waals surface area (Å²) in [6.45, 7) is 4.66. The maximum atomic E-state index is 9.51. The van der Waals surface area contributed by atoms with Gasteiger partial charge in [0.2, 0.25) is 0 Å². The lowest BCUT2D eigenvalue weighted by Crippen LogP contribution is -2.40. The van der Waals surface area contributed by atoms with Gasteiger partial charge in [-0.15, -0.1) is 0 Å². The summed E-state index contributed by atoms with van der Waals surface area (Å²) in [5.74, 6) is 2.54. The number of aliphatic hydroxyl groups is 1. The van der Waals surface area contributed by atoms with E-state index in [9.17, 15) is 5.11 Å². The molecule has 1 aromatic rings. The van der Waals surface area contributed by atoms with Gasteiger partial charge in [-0.05, 0) is 61.8 Å². The first kappa shape index (κ1) is 22.3. The van der Waals surface area contributed by atoms with Crippen LogP contribution >= 0.6 is 0 Å². The van der Waals surface area contributed by atoms with Gasteiger partial charge in [0.15, 0.2) is 5.96 Å². The first-order valence-electron chi connectivity index (χ1n) is 10.5. The highest BCUT2D eigenvalue weighted by atomic mass is 16.5. The molecule has 0 atom stereocenters. The second kappa shape index (κ2) is 11.8. The predicted molar refractivity (Wildman–Crippen MR) is 114 cm³/mol. The van der Waals surface area contributed by atoms with Gasteiger partial charge in [-0.2, -0.15) is 0 Å². The summed E-state index contributed by atoms with van der Waals surface area (Å²) >= 11 is 0. The molecule has 0 spiro atoms. The summed E-state index contributed by atoms with van der Waals surface area (Å²) in [6.07, 6.45) is 7.78. The molecule has 0 aromatic heterocycles. The zero-order chi connectivity index (χ0) is 20.2. The molecule has 0 bridgehead atoms. The van der Waals surface area contributed by atoms with Crippen LogP contribution in [0.15, 0.2) is 23.2 Å². The third-order valence-corrected chi connectivity index (χ3v) is 5.65. The number of aliphatic hydroxyl groups excluding tert-OH is 1. The second-order valence-electron chi connectivity index (χ2n) is 7.58. The van der Waals surface area contributed by atoms with Crippen molar-refractivity contribution in [2.75, 3.05) is 40.5 Å². The Morgan fingerprint density at radius 3 is 2.57 bits per heavy atom. The zero-order valence-electron chi connectivity index (χ0n) is 17.7. The molecule has 6 nitrogen and oxygen atoms in total. The molecular formula is C22H37N3O3. The fourth-order valence-corrected chi connectivity index (χ4v) is 4.01. The van der Waals surface area contributed by atoms with E-state index in [0.717, 1.165) is 68.3 Å². The van der Waals surface area contributed by atoms with Gasteiger partial charge in [-0.1, -0.05) is 19.3 Å². The molecular weight excluding hydrogens is 354 g/mol. The lowest BCUT2D eigenvalue weighted by atomic mass is 9.72. The molecule has 6 heteroatoms. The molecule has 158 valence electrons. The van der Waals surface area contributed by atoms with Crippen molar-refractivity contribution in [1.82, 2.24) is 10.6 Å². The van der Waals surface area contributed by atoms with E-state index in [4.69, 9.17) is 14.5 Å². The number of nitrogens with one attached hydrogen (secondary N) is 2. The zero-order valence-corrected chi connectivity index (χ0v) is 17.7. The van der Waals surface area contributed by atoms with Gasteiger partial charge in [0.25, 0.3) is 0 Å². The van der Waals surface area contributed by atoms with Crippen molar-refractivity contribution < 1.29 is 14.6 Å². The van der Waals surface area contributed by atoms with Crippen LogP contribution in [0.25, 0.3) is 0 Å². The Morgan fingerprint density at radius 1 is 1.14 bits per heavy atom. The normalized spacial score (nSPS) is 16.5. The van der Waals surface area contributed by atoms with Crippen LogP contribution in [0.1, 0.15) is 51.0 Å². The highest BCUT2D eigenvalue weighted by Crippen LogP contribution is 2.39. The van der Waals surface area contributed by atoms with Crippen molar-refractivity contribution >= 4 is 5.96 Å². The number of aliphatic imine (C=N–C) groups is 1. The molecule has 1 aliphatic carbocycles. The summed E-state index contributed by atoms with van der Waals surface area (Å²) in [7, 11) is 3.36. The van der Waals surface area contributed by atoms with E-state index in [1.54, 1.807) is 14.2 Å². The van der Waals surface area contributed by atoms with Crippen molar-refractivity contribution in [2.24, 2.45) is 10.4 Å². The van der Waals surface area contributed by atoms with E-state index >= 15 is 0 Å². The SMILES string of the molecule is CCNC(=NCC1(CCO)CCCCC1)NCCc1cc(OC)ccc1OC. The van der Waals surface area contributed by atoms with Crippen LogP contribution in [0, 0.1) is 5.41 Å². The molecule has 28 heavy (non-hydrogen) atoms.